The number of hydrogen-bond donors (Lipinski definition) is 1. The Morgan fingerprint density at radius 2 is 2.04 bits per heavy atom. The number of ether oxygens (including phenoxy) is 1. The molecule has 0 bridgehead atoms. The Balaban J connectivity index is 1.76. The zero-order chi connectivity index (χ0) is 19.2. The Bertz CT molecular complexity index is 787. The van der Waals surface area contributed by atoms with Gasteiger partial charge in [0.25, 0.3) is 5.91 Å². The smallest absolute Gasteiger partial charge is 0.253 e. The second-order valence-corrected chi connectivity index (χ2v) is 7.39. The van der Waals surface area contributed by atoms with E-state index in [0.29, 0.717) is 5.92 Å². The van der Waals surface area contributed by atoms with Crippen molar-refractivity contribution in [3.8, 4) is 16.9 Å². The lowest BCUT2D eigenvalue weighted by atomic mass is 9.93. The van der Waals surface area contributed by atoms with Crippen LogP contribution in [-0.2, 0) is 0 Å². The molecule has 144 valence electrons. The van der Waals surface area contributed by atoms with Crippen LogP contribution >= 0.6 is 0 Å². The fraction of sp³-hybridized carbons (Fsp3) is 0.435. The molecule has 1 saturated heterocycles. The van der Waals surface area contributed by atoms with E-state index in [-0.39, 0.29) is 12.5 Å². The summed E-state index contributed by atoms with van der Waals surface area (Å²) >= 11 is 0. The number of benzene rings is 2. The quantitative estimate of drug-likeness (QED) is 0.828. The van der Waals surface area contributed by atoms with E-state index in [1.54, 1.807) is 7.11 Å². The fourth-order valence-electron chi connectivity index (χ4n) is 3.94. The van der Waals surface area contributed by atoms with E-state index in [0.717, 1.165) is 66.8 Å². The molecule has 1 aliphatic heterocycles. The molecule has 0 aromatic heterocycles. The second-order valence-electron chi connectivity index (χ2n) is 7.39. The minimum atomic E-state index is 0.107. The van der Waals surface area contributed by atoms with Crippen LogP contribution < -0.4 is 4.74 Å². The normalized spacial score (nSPS) is 17.0. The number of rotatable bonds is 6. The number of nitrogens with zero attached hydrogens (tertiary/aromatic N) is 1. The molecule has 1 aliphatic rings. The zero-order valence-electron chi connectivity index (χ0n) is 16.3. The van der Waals surface area contributed by atoms with Gasteiger partial charge in [0.2, 0.25) is 0 Å². The van der Waals surface area contributed by atoms with Crippen molar-refractivity contribution in [3.05, 3.63) is 53.6 Å². The zero-order valence-corrected chi connectivity index (χ0v) is 16.3. The molecule has 1 unspecified atom stereocenters. The highest BCUT2D eigenvalue weighted by Crippen LogP contribution is 2.28. The lowest BCUT2D eigenvalue weighted by Crippen LogP contribution is -2.40. The first kappa shape index (κ1) is 19.4. The summed E-state index contributed by atoms with van der Waals surface area (Å²) in [5, 5.41) is 9.05. The number of methoxy groups -OCH3 is 1. The number of aryl methyl sites for hydroxylation is 1. The molecule has 0 saturated carbocycles. The molecule has 2 aromatic carbocycles. The molecular formula is C23H29NO3. The van der Waals surface area contributed by atoms with Gasteiger partial charge in [0.1, 0.15) is 5.75 Å². The van der Waals surface area contributed by atoms with Crippen LogP contribution in [0.15, 0.2) is 42.5 Å². The molecule has 1 fully saturated rings. The van der Waals surface area contributed by atoms with Gasteiger partial charge in [-0.05, 0) is 79.5 Å². The number of likely N-dealkylation sites (tertiary alicyclic amines) is 1. The van der Waals surface area contributed by atoms with Crippen molar-refractivity contribution in [2.45, 2.75) is 32.6 Å². The van der Waals surface area contributed by atoms with Gasteiger partial charge >= 0.3 is 0 Å². The number of amides is 1. The van der Waals surface area contributed by atoms with E-state index in [4.69, 9.17) is 9.84 Å². The van der Waals surface area contributed by atoms with E-state index < -0.39 is 0 Å². The van der Waals surface area contributed by atoms with Crippen molar-refractivity contribution in [2.24, 2.45) is 5.92 Å². The van der Waals surface area contributed by atoms with Gasteiger partial charge in [-0.1, -0.05) is 18.2 Å². The first-order valence-electron chi connectivity index (χ1n) is 9.77. The highest BCUT2D eigenvalue weighted by atomic mass is 16.5. The maximum atomic E-state index is 13.0. The molecule has 27 heavy (non-hydrogen) atoms. The maximum Gasteiger partial charge on any atom is 0.253 e. The third-order valence-corrected chi connectivity index (χ3v) is 5.41. The molecule has 1 amide bonds. The van der Waals surface area contributed by atoms with Gasteiger partial charge in [0.15, 0.2) is 0 Å². The van der Waals surface area contributed by atoms with Gasteiger partial charge in [-0.3, -0.25) is 4.79 Å². The molecule has 1 N–H and O–H groups in total. The van der Waals surface area contributed by atoms with E-state index in [2.05, 4.69) is 6.07 Å². The van der Waals surface area contributed by atoms with Gasteiger partial charge in [-0.2, -0.15) is 0 Å². The topological polar surface area (TPSA) is 49.8 Å². The van der Waals surface area contributed by atoms with Crippen molar-refractivity contribution < 1.29 is 14.6 Å². The highest BCUT2D eigenvalue weighted by Gasteiger charge is 2.24. The summed E-state index contributed by atoms with van der Waals surface area (Å²) in [5.41, 5.74) is 3.95. The van der Waals surface area contributed by atoms with Crippen LogP contribution in [0.2, 0.25) is 0 Å². The van der Waals surface area contributed by atoms with Crippen molar-refractivity contribution in [1.82, 2.24) is 4.90 Å². The number of hydrogen-bond acceptors (Lipinski definition) is 3. The Hall–Kier alpha value is -2.33. The second kappa shape index (κ2) is 9.05. The largest absolute Gasteiger partial charge is 0.496 e. The van der Waals surface area contributed by atoms with Crippen LogP contribution in [0.5, 0.6) is 5.75 Å². The van der Waals surface area contributed by atoms with E-state index in [1.165, 1.54) is 0 Å². The van der Waals surface area contributed by atoms with Gasteiger partial charge in [-0.15, -0.1) is 0 Å². The molecular weight excluding hydrogens is 338 g/mol. The minimum absolute atomic E-state index is 0.107. The van der Waals surface area contributed by atoms with Crippen molar-refractivity contribution in [3.63, 3.8) is 0 Å². The lowest BCUT2D eigenvalue weighted by Gasteiger charge is -2.33. The summed E-state index contributed by atoms with van der Waals surface area (Å²) in [6, 6.07) is 14.0. The number of piperidine rings is 1. The number of carbonyl (C=O) groups is 1. The highest BCUT2D eigenvalue weighted by molar-refractivity contribution is 5.95. The summed E-state index contributed by atoms with van der Waals surface area (Å²) in [7, 11) is 1.67. The standard InChI is InChI=1S/C23H29NO3/c1-17-14-20(10-11-22(17)27-2)19-8-3-9-21(15-19)23(26)24-12-4-6-18(16-24)7-5-13-25/h3,8-11,14-15,18,25H,4-7,12-13,16H2,1-2H3. The van der Waals surface area contributed by atoms with E-state index >= 15 is 0 Å². The Morgan fingerprint density at radius 3 is 2.78 bits per heavy atom. The fourth-order valence-corrected chi connectivity index (χ4v) is 3.94. The predicted octanol–water partition coefficient (Wildman–Crippen LogP) is 4.30. The van der Waals surface area contributed by atoms with Crippen LogP contribution in [0.1, 0.15) is 41.6 Å². The number of carbonyl (C=O) groups excluding carboxylic acids is 1. The van der Waals surface area contributed by atoms with Crippen molar-refractivity contribution >= 4 is 5.91 Å². The molecule has 1 heterocycles. The summed E-state index contributed by atoms with van der Waals surface area (Å²) in [4.78, 5) is 15.0. The molecule has 2 aromatic rings. The summed E-state index contributed by atoms with van der Waals surface area (Å²) in [5.74, 6) is 1.48. The van der Waals surface area contributed by atoms with Crippen LogP contribution in [0.4, 0.5) is 0 Å². The van der Waals surface area contributed by atoms with Crippen molar-refractivity contribution in [2.75, 3.05) is 26.8 Å². The van der Waals surface area contributed by atoms with Crippen LogP contribution in [-0.4, -0.2) is 42.7 Å². The minimum Gasteiger partial charge on any atom is -0.496 e. The summed E-state index contributed by atoms with van der Waals surface area (Å²) in [6.45, 7) is 3.87. The first-order valence-corrected chi connectivity index (χ1v) is 9.77. The Kier molecular flexibility index (Phi) is 6.51. The van der Waals surface area contributed by atoms with E-state index in [1.807, 2.05) is 48.2 Å². The monoisotopic (exact) mass is 367 g/mol. The van der Waals surface area contributed by atoms with Crippen LogP contribution in [0, 0.1) is 12.8 Å². The Morgan fingerprint density at radius 1 is 1.22 bits per heavy atom. The van der Waals surface area contributed by atoms with Gasteiger partial charge in [0, 0.05) is 25.3 Å². The number of aliphatic hydroxyl groups is 1. The van der Waals surface area contributed by atoms with Crippen LogP contribution in [0.3, 0.4) is 0 Å². The SMILES string of the molecule is COc1ccc(-c2cccc(C(=O)N3CCCC(CCCO)C3)c2)cc1C. The van der Waals surface area contributed by atoms with Gasteiger partial charge in [-0.25, -0.2) is 0 Å². The maximum absolute atomic E-state index is 13.0. The molecule has 4 nitrogen and oxygen atoms in total. The molecule has 0 radical (unpaired) electrons. The lowest BCUT2D eigenvalue weighted by molar-refractivity contribution is 0.0663. The average molecular weight is 367 g/mol. The molecule has 1 atom stereocenters. The summed E-state index contributed by atoms with van der Waals surface area (Å²) in [6.07, 6.45) is 4.00. The predicted molar refractivity (Wildman–Crippen MR) is 108 cm³/mol. The average Bonchev–Trinajstić information content (AvgIpc) is 2.72. The number of aliphatic hydroxyl groups excluding tert-OH is 1. The third-order valence-electron chi connectivity index (χ3n) is 5.41. The van der Waals surface area contributed by atoms with Crippen molar-refractivity contribution in [1.29, 1.82) is 0 Å². The van der Waals surface area contributed by atoms with Crippen LogP contribution in [0.25, 0.3) is 11.1 Å². The molecule has 0 spiro atoms. The Labute approximate surface area is 161 Å². The van der Waals surface area contributed by atoms with Gasteiger partial charge in [0.05, 0.1) is 7.11 Å². The van der Waals surface area contributed by atoms with E-state index in [9.17, 15) is 4.79 Å². The molecule has 0 aliphatic carbocycles. The third kappa shape index (κ3) is 4.69. The first-order chi connectivity index (χ1) is 13.1. The molecule has 3 rings (SSSR count). The molecule has 4 heteroatoms. The van der Waals surface area contributed by atoms with Gasteiger partial charge < -0.3 is 14.7 Å². The summed E-state index contributed by atoms with van der Waals surface area (Å²) < 4.78 is 5.34.